The second-order valence-electron chi connectivity index (χ2n) is 8.90. The van der Waals surface area contributed by atoms with Crippen molar-refractivity contribution in [2.75, 3.05) is 0 Å². The van der Waals surface area contributed by atoms with E-state index in [4.69, 9.17) is 4.74 Å². The van der Waals surface area contributed by atoms with Crippen molar-refractivity contribution in [2.24, 2.45) is 17.3 Å². The number of carbonyl (C=O) groups is 2. The lowest BCUT2D eigenvalue weighted by molar-refractivity contribution is -0.194. The minimum atomic E-state index is -1.00. The van der Waals surface area contributed by atoms with Gasteiger partial charge in [0.25, 0.3) is 0 Å². The monoisotopic (exact) mass is 325 g/mol. The number of carbonyl (C=O) groups excluding carboxylic acids is 1. The largest absolute Gasteiger partial charge is 0.481 e. The summed E-state index contributed by atoms with van der Waals surface area (Å²) in [6.07, 6.45) is 3.30. The van der Waals surface area contributed by atoms with Crippen LogP contribution in [0.3, 0.4) is 0 Å². The number of ether oxygens (including phenoxy) is 1. The number of aliphatic carboxylic acids is 1. The number of nitrogens with one attached hydrogen (secondary N) is 1. The van der Waals surface area contributed by atoms with Crippen LogP contribution in [0.4, 0.5) is 4.79 Å². The number of hydrogen-bond acceptors (Lipinski definition) is 4. The Morgan fingerprint density at radius 1 is 1.17 bits per heavy atom. The topological polar surface area (TPSA) is 95.9 Å². The molecule has 1 amide bonds. The molecule has 4 saturated carbocycles. The predicted octanol–water partition coefficient (Wildman–Crippen LogP) is 2.30. The van der Waals surface area contributed by atoms with Crippen molar-refractivity contribution in [3.8, 4) is 0 Å². The summed E-state index contributed by atoms with van der Waals surface area (Å²) in [4.78, 5) is 23.7. The van der Waals surface area contributed by atoms with Gasteiger partial charge in [0, 0.05) is 5.41 Å². The molecule has 23 heavy (non-hydrogen) atoms. The third kappa shape index (κ3) is 3.05. The Hall–Kier alpha value is -1.30. The minimum Gasteiger partial charge on any atom is -0.481 e. The zero-order chi connectivity index (χ0) is 17.0. The van der Waals surface area contributed by atoms with Crippen LogP contribution in [0.15, 0.2) is 0 Å². The minimum absolute atomic E-state index is 0.0111. The number of alkyl carbamates (subject to hydrolysis) is 1. The second-order valence-corrected chi connectivity index (χ2v) is 8.90. The van der Waals surface area contributed by atoms with Gasteiger partial charge in [-0.05, 0) is 64.7 Å². The van der Waals surface area contributed by atoms with Gasteiger partial charge in [-0.15, -0.1) is 0 Å². The van der Waals surface area contributed by atoms with Crippen LogP contribution < -0.4 is 5.32 Å². The number of amides is 1. The summed E-state index contributed by atoms with van der Waals surface area (Å²) in [7, 11) is 0. The molecule has 0 heterocycles. The van der Waals surface area contributed by atoms with E-state index < -0.39 is 34.7 Å². The highest BCUT2D eigenvalue weighted by Gasteiger charge is 2.64. The molecule has 4 fully saturated rings. The molecule has 4 rings (SSSR count). The van der Waals surface area contributed by atoms with Crippen molar-refractivity contribution in [1.82, 2.24) is 5.32 Å². The summed E-state index contributed by atoms with van der Waals surface area (Å²) in [5, 5.41) is 23.3. The van der Waals surface area contributed by atoms with Gasteiger partial charge < -0.3 is 20.3 Å². The van der Waals surface area contributed by atoms with Gasteiger partial charge in [-0.3, -0.25) is 4.79 Å². The zero-order valence-corrected chi connectivity index (χ0v) is 14.1. The van der Waals surface area contributed by atoms with Crippen molar-refractivity contribution in [3.63, 3.8) is 0 Å². The molecule has 0 aromatic carbocycles. The molecule has 130 valence electrons. The fraction of sp³-hybridized carbons (Fsp3) is 0.882. The smallest absolute Gasteiger partial charge is 0.407 e. The van der Waals surface area contributed by atoms with Crippen LogP contribution in [0.25, 0.3) is 0 Å². The number of aliphatic hydroxyl groups is 1. The molecule has 4 aliphatic rings. The lowest BCUT2D eigenvalue weighted by atomic mass is 9.45. The summed E-state index contributed by atoms with van der Waals surface area (Å²) in [6.45, 7) is 5.35. The normalized spacial score (nSPS) is 41.7. The molecule has 0 radical (unpaired) electrons. The Bertz CT molecular complexity index is 510. The Labute approximate surface area is 136 Å². The highest BCUT2D eigenvalue weighted by Crippen LogP contribution is 2.62. The molecule has 0 spiro atoms. The van der Waals surface area contributed by atoms with Gasteiger partial charge in [-0.25, -0.2) is 4.79 Å². The molecule has 3 unspecified atom stereocenters. The van der Waals surface area contributed by atoms with Gasteiger partial charge in [0.05, 0.1) is 18.1 Å². The number of rotatable bonds is 3. The van der Waals surface area contributed by atoms with E-state index in [0.717, 1.165) is 19.3 Å². The van der Waals surface area contributed by atoms with Gasteiger partial charge in [0.15, 0.2) is 0 Å². The lowest BCUT2D eigenvalue weighted by Crippen LogP contribution is -2.71. The summed E-state index contributed by atoms with van der Waals surface area (Å²) in [5.74, 6) is -0.140. The molecule has 0 aromatic heterocycles. The average molecular weight is 325 g/mol. The molecule has 0 aliphatic heterocycles. The van der Waals surface area contributed by atoms with E-state index in [2.05, 4.69) is 5.32 Å². The molecule has 3 N–H and O–H groups in total. The SMILES string of the molecule is CC(C)(C)OC(=O)NC1C2(O)CC3CC(C2)CC1(CC(=O)O)C3. The van der Waals surface area contributed by atoms with Crippen LogP contribution >= 0.6 is 0 Å². The van der Waals surface area contributed by atoms with E-state index >= 15 is 0 Å². The Balaban J connectivity index is 1.86. The van der Waals surface area contributed by atoms with Gasteiger partial charge in [0.1, 0.15) is 5.60 Å². The van der Waals surface area contributed by atoms with E-state index in [-0.39, 0.29) is 6.42 Å². The lowest BCUT2D eigenvalue weighted by Gasteiger charge is -2.64. The first-order valence-electron chi connectivity index (χ1n) is 8.45. The maximum Gasteiger partial charge on any atom is 0.407 e. The maximum atomic E-state index is 12.2. The highest BCUT2D eigenvalue weighted by atomic mass is 16.6. The Morgan fingerprint density at radius 3 is 2.22 bits per heavy atom. The van der Waals surface area contributed by atoms with Crippen molar-refractivity contribution in [1.29, 1.82) is 0 Å². The summed E-state index contributed by atoms with van der Waals surface area (Å²) >= 11 is 0. The molecular formula is C17H27NO5. The van der Waals surface area contributed by atoms with Gasteiger partial charge in [-0.1, -0.05) is 0 Å². The van der Waals surface area contributed by atoms with Crippen molar-refractivity contribution in [2.45, 2.75) is 76.5 Å². The van der Waals surface area contributed by atoms with Gasteiger partial charge >= 0.3 is 12.1 Å². The van der Waals surface area contributed by atoms with Crippen molar-refractivity contribution < 1.29 is 24.5 Å². The third-order valence-electron chi connectivity index (χ3n) is 5.66. The molecule has 0 saturated heterocycles. The summed E-state index contributed by atoms with van der Waals surface area (Å²) < 4.78 is 5.33. The molecule has 6 nitrogen and oxygen atoms in total. The summed E-state index contributed by atoms with van der Waals surface area (Å²) in [5.41, 5.74) is -2.18. The molecule has 0 aromatic rings. The first-order valence-corrected chi connectivity index (χ1v) is 8.45. The first-order chi connectivity index (χ1) is 10.5. The van der Waals surface area contributed by atoms with Crippen LogP contribution in [0.2, 0.25) is 0 Å². The number of hydrogen-bond donors (Lipinski definition) is 3. The fourth-order valence-electron chi connectivity index (χ4n) is 5.57. The molecule has 3 atom stereocenters. The van der Waals surface area contributed by atoms with Crippen LogP contribution in [0.1, 0.15) is 59.3 Å². The first kappa shape index (κ1) is 16.6. The third-order valence-corrected chi connectivity index (χ3v) is 5.66. The van der Waals surface area contributed by atoms with Crippen LogP contribution in [-0.4, -0.2) is 39.5 Å². The molecule has 6 heteroatoms. The van der Waals surface area contributed by atoms with Crippen molar-refractivity contribution in [3.05, 3.63) is 0 Å². The quantitative estimate of drug-likeness (QED) is 0.740. The predicted molar refractivity (Wildman–Crippen MR) is 82.9 cm³/mol. The van der Waals surface area contributed by atoms with E-state index in [1.54, 1.807) is 20.8 Å². The van der Waals surface area contributed by atoms with Crippen LogP contribution in [0, 0.1) is 17.3 Å². The second kappa shape index (κ2) is 5.10. The molecule has 4 aliphatic carbocycles. The van der Waals surface area contributed by atoms with E-state index in [1.165, 1.54) is 0 Å². The fourth-order valence-corrected chi connectivity index (χ4v) is 5.57. The van der Waals surface area contributed by atoms with E-state index in [9.17, 15) is 19.8 Å². The molecule has 4 bridgehead atoms. The van der Waals surface area contributed by atoms with E-state index in [1.807, 2.05) is 0 Å². The van der Waals surface area contributed by atoms with E-state index in [0.29, 0.717) is 24.7 Å². The number of carboxylic acids is 1. The number of carboxylic acid groups (broad SMARTS) is 1. The zero-order valence-electron chi connectivity index (χ0n) is 14.1. The van der Waals surface area contributed by atoms with Crippen LogP contribution in [0.5, 0.6) is 0 Å². The average Bonchev–Trinajstić information content (AvgIpc) is 2.29. The summed E-state index contributed by atoms with van der Waals surface area (Å²) in [6, 6.07) is -0.547. The molecular weight excluding hydrogens is 298 g/mol. The highest BCUT2D eigenvalue weighted by molar-refractivity contribution is 5.70. The van der Waals surface area contributed by atoms with Gasteiger partial charge in [-0.2, -0.15) is 0 Å². The maximum absolute atomic E-state index is 12.2. The van der Waals surface area contributed by atoms with Crippen LogP contribution in [-0.2, 0) is 9.53 Å². The Kier molecular flexibility index (Phi) is 3.67. The van der Waals surface area contributed by atoms with Gasteiger partial charge in [0.2, 0.25) is 0 Å². The Morgan fingerprint density at radius 2 is 1.74 bits per heavy atom. The van der Waals surface area contributed by atoms with Crippen molar-refractivity contribution >= 4 is 12.1 Å². The standard InChI is InChI=1S/C17H27NO5/c1-15(2,3)23-14(21)18-13-16(9-12(19)20)5-10-4-11(6-16)8-17(13,22)7-10/h10-11,13,22H,4-9H2,1-3H3,(H,18,21)(H,19,20).